The summed E-state index contributed by atoms with van der Waals surface area (Å²) in [7, 11) is 4.00. The largest absolute Gasteiger partial charge is 0.369 e. The van der Waals surface area contributed by atoms with Gasteiger partial charge in [-0.3, -0.25) is 4.79 Å². The molecule has 1 heterocycles. The molecule has 0 aliphatic carbocycles. The van der Waals surface area contributed by atoms with Gasteiger partial charge in [0, 0.05) is 24.7 Å². The van der Waals surface area contributed by atoms with Crippen LogP contribution in [0.1, 0.15) is 10.5 Å². The normalized spacial score (nSPS) is 10.7. The Hall–Kier alpha value is -2.96. The van der Waals surface area contributed by atoms with Crippen molar-refractivity contribution in [1.82, 2.24) is 14.9 Å². The average Bonchev–Trinajstić information content (AvgIpc) is 2.70. The fraction of sp³-hybridized carbons (Fsp3) is 0.190. The van der Waals surface area contributed by atoms with Crippen LogP contribution in [0.4, 0.5) is 11.5 Å². The van der Waals surface area contributed by atoms with Crippen LogP contribution in [0.25, 0.3) is 11.4 Å². The second-order valence-corrected chi connectivity index (χ2v) is 6.90. The molecule has 0 radical (unpaired) electrons. The first-order valence-corrected chi connectivity index (χ1v) is 9.30. The molecule has 0 saturated carbocycles. The number of amides is 1. The van der Waals surface area contributed by atoms with Gasteiger partial charge in [0.05, 0.1) is 10.7 Å². The molecule has 0 aliphatic rings. The zero-order chi connectivity index (χ0) is 19.9. The van der Waals surface area contributed by atoms with E-state index in [2.05, 4.69) is 25.5 Å². The number of halogens is 1. The minimum Gasteiger partial charge on any atom is -0.369 e. The van der Waals surface area contributed by atoms with Crippen molar-refractivity contribution >= 4 is 29.0 Å². The molecule has 1 aromatic heterocycles. The molecule has 0 fully saturated rings. The monoisotopic (exact) mass is 395 g/mol. The molecule has 1 amide bonds. The van der Waals surface area contributed by atoms with Gasteiger partial charge in [-0.25, -0.2) is 9.97 Å². The van der Waals surface area contributed by atoms with Crippen LogP contribution < -0.4 is 10.6 Å². The van der Waals surface area contributed by atoms with Gasteiger partial charge in [0.15, 0.2) is 5.82 Å². The highest BCUT2D eigenvalue weighted by Crippen LogP contribution is 2.22. The topological polar surface area (TPSA) is 70.2 Å². The number of anilines is 2. The average molecular weight is 396 g/mol. The summed E-state index contributed by atoms with van der Waals surface area (Å²) in [6, 6.07) is 18.3. The first kappa shape index (κ1) is 19.8. The number of benzene rings is 2. The first-order valence-electron chi connectivity index (χ1n) is 8.92. The molecule has 3 rings (SSSR count). The molecule has 28 heavy (non-hydrogen) atoms. The molecule has 144 valence electrons. The second kappa shape index (κ2) is 9.30. The minimum atomic E-state index is -0.344. The maximum atomic E-state index is 12.8. The van der Waals surface area contributed by atoms with Crippen molar-refractivity contribution in [1.29, 1.82) is 0 Å². The van der Waals surface area contributed by atoms with Gasteiger partial charge < -0.3 is 15.5 Å². The summed E-state index contributed by atoms with van der Waals surface area (Å²) >= 11 is 6.15. The molecule has 0 saturated heterocycles. The summed E-state index contributed by atoms with van der Waals surface area (Å²) in [5, 5.41) is 6.54. The molecular formula is C21H22ClN5O. The van der Waals surface area contributed by atoms with E-state index in [0.717, 1.165) is 12.1 Å². The predicted octanol–water partition coefficient (Wildman–Crippen LogP) is 4.02. The quantitative estimate of drug-likeness (QED) is 0.632. The number of likely N-dealkylation sites (N-methyl/N-ethyl adjacent to an activating group) is 1. The van der Waals surface area contributed by atoms with E-state index in [-0.39, 0.29) is 11.6 Å². The van der Waals surface area contributed by atoms with Crippen LogP contribution in [0.2, 0.25) is 5.02 Å². The third kappa shape index (κ3) is 5.28. The lowest BCUT2D eigenvalue weighted by Crippen LogP contribution is -2.22. The van der Waals surface area contributed by atoms with E-state index in [1.165, 1.54) is 0 Å². The van der Waals surface area contributed by atoms with E-state index in [4.69, 9.17) is 11.6 Å². The number of rotatable bonds is 7. The van der Waals surface area contributed by atoms with Gasteiger partial charge in [-0.1, -0.05) is 54.1 Å². The third-order valence-corrected chi connectivity index (χ3v) is 4.31. The van der Waals surface area contributed by atoms with Crippen molar-refractivity contribution < 1.29 is 4.79 Å². The zero-order valence-corrected chi connectivity index (χ0v) is 16.6. The van der Waals surface area contributed by atoms with E-state index in [1.54, 1.807) is 18.2 Å². The molecule has 0 unspecified atom stereocenters. The number of aromatic nitrogens is 2. The van der Waals surface area contributed by atoms with E-state index in [0.29, 0.717) is 28.9 Å². The van der Waals surface area contributed by atoms with Crippen LogP contribution in [0, 0.1) is 0 Å². The lowest BCUT2D eigenvalue weighted by Gasteiger charge is -2.13. The van der Waals surface area contributed by atoms with E-state index in [9.17, 15) is 4.79 Å². The van der Waals surface area contributed by atoms with Crippen molar-refractivity contribution in [2.24, 2.45) is 0 Å². The fourth-order valence-corrected chi connectivity index (χ4v) is 2.71. The van der Waals surface area contributed by atoms with Crippen LogP contribution in [-0.2, 0) is 0 Å². The van der Waals surface area contributed by atoms with Crippen LogP contribution in [0.3, 0.4) is 0 Å². The molecule has 3 aromatic rings. The van der Waals surface area contributed by atoms with Gasteiger partial charge in [-0.15, -0.1) is 0 Å². The fourth-order valence-electron chi connectivity index (χ4n) is 2.53. The van der Waals surface area contributed by atoms with Crippen molar-refractivity contribution in [3.8, 4) is 11.4 Å². The Balaban J connectivity index is 1.90. The highest BCUT2D eigenvalue weighted by molar-refractivity contribution is 6.33. The van der Waals surface area contributed by atoms with Gasteiger partial charge in [-0.05, 0) is 26.2 Å². The molecule has 0 aliphatic heterocycles. The van der Waals surface area contributed by atoms with Crippen LogP contribution in [0.15, 0.2) is 60.7 Å². The highest BCUT2D eigenvalue weighted by Gasteiger charge is 2.14. The third-order valence-electron chi connectivity index (χ3n) is 3.98. The summed E-state index contributed by atoms with van der Waals surface area (Å²) in [6.07, 6.45) is 0. The van der Waals surface area contributed by atoms with Gasteiger partial charge in [0.1, 0.15) is 11.5 Å². The van der Waals surface area contributed by atoms with Gasteiger partial charge in [0.25, 0.3) is 5.91 Å². The number of carbonyl (C=O) groups excluding carboxylic acids is 1. The number of hydrogen-bond acceptors (Lipinski definition) is 5. The molecule has 7 heteroatoms. The Morgan fingerprint density at radius 3 is 2.46 bits per heavy atom. The van der Waals surface area contributed by atoms with E-state index in [1.807, 2.05) is 56.6 Å². The Kier molecular flexibility index (Phi) is 6.57. The SMILES string of the molecule is CN(C)CCNc1cc(C(=O)Nc2ccccc2Cl)nc(-c2ccccc2)n1. The summed E-state index contributed by atoms with van der Waals surface area (Å²) in [4.78, 5) is 23.9. The van der Waals surface area contributed by atoms with Crippen LogP contribution >= 0.6 is 11.6 Å². The Morgan fingerprint density at radius 1 is 1.04 bits per heavy atom. The molecule has 2 aromatic carbocycles. The Morgan fingerprint density at radius 2 is 1.75 bits per heavy atom. The molecule has 0 bridgehead atoms. The number of para-hydroxylation sites is 1. The van der Waals surface area contributed by atoms with Crippen LogP contribution in [0.5, 0.6) is 0 Å². The van der Waals surface area contributed by atoms with Gasteiger partial charge >= 0.3 is 0 Å². The Bertz CT molecular complexity index is 947. The van der Waals surface area contributed by atoms with E-state index >= 15 is 0 Å². The molecule has 0 atom stereocenters. The second-order valence-electron chi connectivity index (χ2n) is 6.49. The van der Waals surface area contributed by atoms with Gasteiger partial charge in [0.2, 0.25) is 0 Å². The highest BCUT2D eigenvalue weighted by atomic mass is 35.5. The van der Waals surface area contributed by atoms with Crippen molar-refractivity contribution in [2.75, 3.05) is 37.8 Å². The first-order chi connectivity index (χ1) is 13.5. The maximum Gasteiger partial charge on any atom is 0.274 e. The zero-order valence-electron chi connectivity index (χ0n) is 15.8. The van der Waals surface area contributed by atoms with Crippen LogP contribution in [-0.4, -0.2) is 48.0 Å². The smallest absolute Gasteiger partial charge is 0.274 e. The predicted molar refractivity (Wildman–Crippen MR) is 114 cm³/mol. The number of nitrogens with one attached hydrogen (secondary N) is 2. The Labute approximate surface area is 169 Å². The van der Waals surface area contributed by atoms with Crippen molar-refractivity contribution in [3.05, 3.63) is 71.4 Å². The van der Waals surface area contributed by atoms with Crippen molar-refractivity contribution in [2.45, 2.75) is 0 Å². The minimum absolute atomic E-state index is 0.265. The standard InChI is InChI=1S/C21H22ClN5O/c1-27(2)13-12-23-19-14-18(21(28)25-17-11-7-6-10-16(17)22)24-20(26-19)15-8-4-3-5-9-15/h3-11,14H,12-13H2,1-2H3,(H,25,28)(H,23,24,26). The van der Waals surface area contributed by atoms with Crippen molar-refractivity contribution in [3.63, 3.8) is 0 Å². The number of hydrogen-bond donors (Lipinski definition) is 2. The molecule has 2 N–H and O–H groups in total. The molecule has 0 spiro atoms. The lowest BCUT2D eigenvalue weighted by atomic mass is 10.2. The molecule has 6 nitrogen and oxygen atoms in total. The van der Waals surface area contributed by atoms with Gasteiger partial charge in [-0.2, -0.15) is 0 Å². The summed E-state index contributed by atoms with van der Waals surface area (Å²) < 4.78 is 0. The summed E-state index contributed by atoms with van der Waals surface area (Å²) in [5.41, 5.74) is 1.64. The van der Waals surface area contributed by atoms with E-state index < -0.39 is 0 Å². The summed E-state index contributed by atoms with van der Waals surface area (Å²) in [5.74, 6) is 0.739. The lowest BCUT2D eigenvalue weighted by molar-refractivity contribution is 0.102. The number of carbonyl (C=O) groups is 1. The molecular weight excluding hydrogens is 374 g/mol. The summed E-state index contributed by atoms with van der Waals surface area (Å²) in [6.45, 7) is 1.54. The maximum absolute atomic E-state index is 12.8. The number of nitrogens with zero attached hydrogens (tertiary/aromatic N) is 3.